The Balaban J connectivity index is 2.60. The SMILES string of the molecule is Nc1cc(C(F)(F)F)n(-c2ccc(F)c(Cl)c2)n1. The third-order valence-corrected chi connectivity index (χ3v) is 2.46. The van der Waals surface area contributed by atoms with E-state index in [4.69, 9.17) is 17.3 Å². The zero-order chi connectivity index (χ0) is 13.5. The molecule has 0 saturated heterocycles. The zero-order valence-electron chi connectivity index (χ0n) is 8.67. The van der Waals surface area contributed by atoms with Crippen molar-refractivity contribution >= 4 is 17.4 Å². The molecule has 0 unspecified atom stereocenters. The minimum absolute atomic E-state index is 0.0228. The highest BCUT2D eigenvalue weighted by atomic mass is 35.5. The van der Waals surface area contributed by atoms with Gasteiger partial charge in [0, 0.05) is 6.07 Å². The quantitative estimate of drug-likeness (QED) is 0.814. The van der Waals surface area contributed by atoms with Gasteiger partial charge < -0.3 is 5.73 Å². The molecule has 0 saturated carbocycles. The average Bonchev–Trinajstić information content (AvgIpc) is 2.64. The summed E-state index contributed by atoms with van der Waals surface area (Å²) in [4.78, 5) is 0. The van der Waals surface area contributed by atoms with Gasteiger partial charge in [0.05, 0.1) is 10.7 Å². The minimum atomic E-state index is -4.62. The Hall–Kier alpha value is -1.76. The molecule has 1 heterocycles. The van der Waals surface area contributed by atoms with E-state index in [-0.39, 0.29) is 16.5 Å². The Kier molecular flexibility index (Phi) is 2.94. The van der Waals surface area contributed by atoms with Gasteiger partial charge in [-0.3, -0.25) is 0 Å². The van der Waals surface area contributed by atoms with Crippen LogP contribution in [0, 0.1) is 5.82 Å². The molecule has 2 aromatic rings. The van der Waals surface area contributed by atoms with Gasteiger partial charge >= 0.3 is 6.18 Å². The Bertz CT molecular complexity index is 591. The first-order valence-corrected chi connectivity index (χ1v) is 5.05. The maximum atomic E-state index is 12.9. The number of halogens is 5. The molecule has 18 heavy (non-hydrogen) atoms. The Morgan fingerprint density at radius 2 is 1.89 bits per heavy atom. The number of aromatic nitrogens is 2. The third kappa shape index (κ3) is 2.26. The molecule has 0 aliphatic heterocycles. The van der Waals surface area contributed by atoms with Crippen LogP contribution in [-0.2, 0) is 6.18 Å². The van der Waals surface area contributed by atoms with E-state index in [1.54, 1.807) is 0 Å². The van der Waals surface area contributed by atoms with Crippen LogP contribution < -0.4 is 5.73 Å². The van der Waals surface area contributed by atoms with Gasteiger partial charge in [-0.05, 0) is 18.2 Å². The molecule has 0 spiro atoms. The third-order valence-electron chi connectivity index (χ3n) is 2.17. The molecule has 2 rings (SSSR count). The number of hydrogen-bond donors (Lipinski definition) is 1. The highest BCUT2D eigenvalue weighted by Crippen LogP contribution is 2.32. The van der Waals surface area contributed by atoms with Gasteiger partial charge in [0.1, 0.15) is 17.3 Å². The van der Waals surface area contributed by atoms with Crippen LogP contribution in [0.15, 0.2) is 24.3 Å². The first-order chi connectivity index (χ1) is 8.29. The smallest absolute Gasteiger partial charge is 0.382 e. The first-order valence-electron chi connectivity index (χ1n) is 4.67. The van der Waals surface area contributed by atoms with Crippen LogP contribution in [0.4, 0.5) is 23.4 Å². The van der Waals surface area contributed by atoms with Crippen molar-refractivity contribution in [1.29, 1.82) is 0 Å². The van der Waals surface area contributed by atoms with Crippen LogP contribution in [0.2, 0.25) is 5.02 Å². The fourth-order valence-electron chi connectivity index (χ4n) is 1.41. The molecule has 0 bridgehead atoms. The van der Waals surface area contributed by atoms with E-state index in [1.807, 2.05) is 0 Å². The monoisotopic (exact) mass is 279 g/mol. The molecular weight excluding hydrogens is 274 g/mol. The van der Waals surface area contributed by atoms with Crippen molar-refractivity contribution in [3.63, 3.8) is 0 Å². The van der Waals surface area contributed by atoms with Gasteiger partial charge in [-0.2, -0.15) is 18.3 Å². The summed E-state index contributed by atoms with van der Waals surface area (Å²) >= 11 is 5.51. The molecule has 0 radical (unpaired) electrons. The van der Waals surface area contributed by atoms with Crippen LogP contribution in [-0.4, -0.2) is 9.78 Å². The van der Waals surface area contributed by atoms with Gasteiger partial charge in [0.15, 0.2) is 0 Å². The van der Waals surface area contributed by atoms with E-state index < -0.39 is 17.7 Å². The standard InChI is InChI=1S/C10H6ClF4N3/c11-6-3-5(1-2-7(6)12)18-8(10(13,14)15)4-9(16)17-18/h1-4H,(H2,16,17). The number of rotatable bonds is 1. The summed E-state index contributed by atoms with van der Waals surface area (Å²) < 4.78 is 51.6. The minimum Gasteiger partial charge on any atom is -0.382 e. The van der Waals surface area contributed by atoms with E-state index in [2.05, 4.69) is 5.10 Å². The van der Waals surface area contributed by atoms with Gasteiger partial charge in [0.25, 0.3) is 0 Å². The second-order valence-corrected chi connectivity index (χ2v) is 3.87. The van der Waals surface area contributed by atoms with Crippen molar-refractivity contribution in [2.24, 2.45) is 0 Å². The molecule has 0 atom stereocenters. The second kappa shape index (κ2) is 4.16. The number of nitrogens with zero attached hydrogens (tertiary/aromatic N) is 2. The molecule has 0 fully saturated rings. The highest BCUT2D eigenvalue weighted by molar-refractivity contribution is 6.30. The lowest BCUT2D eigenvalue weighted by atomic mass is 10.3. The first kappa shape index (κ1) is 12.7. The van der Waals surface area contributed by atoms with Gasteiger partial charge in [-0.15, -0.1) is 0 Å². The van der Waals surface area contributed by atoms with E-state index in [0.717, 1.165) is 18.2 Å². The maximum Gasteiger partial charge on any atom is 0.433 e. The number of hydrogen-bond acceptors (Lipinski definition) is 2. The number of anilines is 1. The van der Waals surface area contributed by atoms with Crippen molar-refractivity contribution < 1.29 is 17.6 Å². The fourth-order valence-corrected chi connectivity index (χ4v) is 1.59. The number of benzene rings is 1. The molecule has 0 aliphatic rings. The molecule has 0 aliphatic carbocycles. The van der Waals surface area contributed by atoms with Crippen molar-refractivity contribution in [1.82, 2.24) is 9.78 Å². The van der Waals surface area contributed by atoms with Crippen LogP contribution in [0.5, 0.6) is 0 Å². The van der Waals surface area contributed by atoms with Gasteiger partial charge in [-0.25, -0.2) is 9.07 Å². The van der Waals surface area contributed by atoms with Gasteiger partial charge in [-0.1, -0.05) is 11.6 Å². The lowest BCUT2D eigenvalue weighted by molar-refractivity contribution is -0.142. The number of alkyl halides is 3. The van der Waals surface area contributed by atoms with E-state index in [1.165, 1.54) is 0 Å². The van der Waals surface area contributed by atoms with Crippen molar-refractivity contribution in [3.8, 4) is 5.69 Å². The van der Waals surface area contributed by atoms with Crippen molar-refractivity contribution in [2.45, 2.75) is 6.18 Å². The summed E-state index contributed by atoms with van der Waals surface area (Å²) in [7, 11) is 0. The van der Waals surface area contributed by atoms with Crippen LogP contribution in [0.25, 0.3) is 5.69 Å². The van der Waals surface area contributed by atoms with Crippen LogP contribution >= 0.6 is 11.6 Å². The number of nitrogens with two attached hydrogens (primary N) is 1. The lowest BCUT2D eigenvalue weighted by Gasteiger charge is -2.10. The predicted octanol–water partition coefficient (Wildman–Crippen LogP) is 3.27. The molecule has 1 aromatic carbocycles. The summed E-state index contributed by atoms with van der Waals surface area (Å²) in [5.74, 6) is -1.02. The Morgan fingerprint density at radius 1 is 1.22 bits per heavy atom. The van der Waals surface area contributed by atoms with Crippen molar-refractivity contribution in [2.75, 3.05) is 5.73 Å². The molecule has 96 valence electrons. The van der Waals surface area contributed by atoms with E-state index in [9.17, 15) is 17.6 Å². The molecule has 2 N–H and O–H groups in total. The van der Waals surface area contributed by atoms with Crippen LogP contribution in [0.1, 0.15) is 5.69 Å². The lowest BCUT2D eigenvalue weighted by Crippen LogP contribution is -2.13. The Labute approximate surface area is 104 Å². The van der Waals surface area contributed by atoms with E-state index in [0.29, 0.717) is 10.7 Å². The summed E-state index contributed by atoms with van der Waals surface area (Å²) in [6, 6.07) is 3.81. The summed E-state index contributed by atoms with van der Waals surface area (Å²) in [6.07, 6.45) is -4.62. The summed E-state index contributed by atoms with van der Waals surface area (Å²) in [5, 5.41) is 3.21. The normalized spacial score (nSPS) is 11.8. The maximum absolute atomic E-state index is 12.9. The highest BCUT2D eigenvalue weighted by Gasteiger charge is 2.36. The summed E-state index contributed by atoms with van der Waals surface area (Å²) in [6.45, 7) is 0. The van der Waals surface area contributed by atoms with Gasteiger partial charge in [0.2, 0.25) is 0 Å². The second-order valence-electron chi connectivity index (χ2n) is 3.46. The summed E-state index contributed by atoms with van der Waals surface area (Å²) in [5.41, 5.74) is 4.17. The topological polar surface area (TPSA) is 43.8 Å². The fraction of sp³-hybridized carbons (Fsp3) is 0.100. The largest absolute Gasteiger partial charge is 0.433 e. The zero-order valence-corrected chi connectivity index (χ0v) is 9.43. The van der Waals surface area contributed by atoms with Crippen molar-refractivity contribution in [3.05, 3.63) is 40.8 Å². The molecule has 0 amide bonds. The van der Waals surface area contributed by atoms with E-state index >= 15 is 0 Å². The molecule has 1 aromatic heterocycles. The number of nitrogen functional groups attached to an aromatic ring is 1. The predicted molar refractivity (Wildman–Crippen MR) is 57.9 cm³/mol. The average molecular weight is 280 g/mol. The molecule has 8 heteroatoms. The Morgan fingerprint density at radius 3 is 2.44 bits per heavy atom. The molecular formula is C10H6ClF4N3. The molecule has 3 nitrogen and oxygen atoms in total. The van der Waals surface area contributed by atoms with Crippen LogP contribution in [0.3, 0.4) is 0 Å².